The first-order valence-corrected chi connectivity index (χ1v) is 6.86. The Labute approximate surface area is 101 Å². The van der Waals surface area contributed by atoms with E-state index in [-0.39, 0.29) is 5.91 Å². The number of terminal acetylenes is 1. The van der Waals surface area contributed by atoms with E-state index in [1.54, 1.807) is 11.8 Å². The summed E-state index contributed by atoms with van der Waals surface area (Å²) in [6, 6.07) is 0. The summed E-state index contributed by atoms with van der Waals surface area (Å²) in [6.45, 7) is 0.607. The predicted octanol–water partition coefficient (Wildman–Crippen LogP) is 1.16. The Morgan fingerprint density at radius 2 is 2.12 bits per heavy atom. The van der Waals surface area contributed by atoms with E-state index < -0.39 is 5.60 Å². The van der Waals surface area contributed by atoms with Crippen LogP contribution in [0.1, 0.15) is 32.1 Å². The number of carbonyl (C=O) groups is 1. The highest BCUT2D eigenvalue weighted by Crippen LogP contribution is 2.26. The van der Waals surface area contributed by atoms with Crippen molar-refractivity contribution in [2.75, 3.05) is 18.1 Å². The first kappa shape index (κ1) is 13.4. The number of carbonyl (C=O) groups excluding carboxylic acids is 1. The fourth-order valence-electron chi connectivity index (χ4n) is 1.65. The van der Waals surface area contributed by atoms with Crippen LogP contribution < -0.4 is 5.32 Å². The van der Waals surface area contributed by atoms with E-state index in [1.165, 1.54) is 0 Å². The molecule has 90 valence electrons. The molecule has 2 N–H and O–H groups in total. The van der Waals surface area contributed by atoms with Crippen LogP contribution in [0, 0.1) is 12.3 Å². The molecule has 0 radical (unpaired) electrons. The van der Waals surface area contributed by atoms with Gasteiger partial charge in [-0.3, -0.25) is 4.79 Å². The SMILES string of the molecule is C#CCCCCNC(=O)C1(O)CCSCC1. The Kier molecular flexibility index (Phi) is 5.72. The smallest absolute Gasteiger partial charge is 0.252 e. The maximum atomic E-state index is 11.7. The molecular weight excluding hydrogens is 222 g/mol. The molecule has 1 amide bonds. The van der Waals surface area contributed by atoms with E-state index >= 15 is 0 Å². The minimum atomic E-state index is -1.13. The highest BCUT2D eigenvalue weighted by molar-refractivity contribution is 7.99. The van der Waals surface area contributed by atoms with Gasteiger partial charge in [-0.25, -0.2) is 0 Å². The van der Waals surface area contributed by atoms with Crippen LogP contribution in [0.4, 0.5) is 0 Å². The van der Waals surface area contributed by atoms with Crippen LogP contribution in [0.25, 0.3) is 0 Å². The lowest BCUT2D eigenvalue weighted by atomic mass is 9.96. The van der Waals surface area contributed by atoms with Gasteiger partial charge in [0.25, 0.3) is 5.91 Å². The van der Waals surface area contributed by atoms with Crippen LogP contribution in [0.15, 0.2) is 0 Å². The van der Waals surface area contributed by atoms with Gasteiger partial charge in [-0.15, -0.1) is 12.3 Å². The number of amides is 1. The minimum absolute atomic E-state index is 0.214. The highest BCUT2D eigenvalue weighted by Gasteiger charge is 2.36. The Morgan fingerprint density at radius 1 is 1.44 bits per heavy atom. The van der Waals surface area contributed by atoms with Crippen LogP contribution in [-0.4, -0.2) is 34.7 Å². The summed E-state index contributed by atoms with van der Waals surface area (Å²) in [5.41, 5.74) is -1.13. The lowest BCUT2D eigenvalue weighted by Crippen LogP contribution is -2.49. The molecule has 0 aromatic carbocycles. The zero-order valence-corrected chi connectivity index (χ0v) is 10.3. The molecule has 4 heteroatoms. The van der Waals surface area contributed by atoms with Crippen LogP contribution in [0.5, 0.6) is 0 Å². The van der Waals surface area contributed by atoms with Crippen molar-refractivity contribution >= 4 is 17.7 Å². The number of nitrogens with one attached hydrogen (secondary N) is 1. The van der Waals surface area contributed by atoms with E-state index in [0.717, 1.165) is 30.8 Å². The molecule has 16 heavy (non-hydrogen) atoms. The summed E-state index contributed by atoms with van der Waals surface area (Å²) in [5, 5.41) is 12.9. The first-order valence-electron chi connectivity index (χ1n) is 5.71. The van der Waals surface area contributed by atoms with Gasteiger partial charge in [0.1, 0.15) is 5.60 Å². The number of hydrogen-bond acceptors (Lipinski definition) is 3. The van der Waals surface area contributed by atoms with Gasteiger partial charge in [-0.05, 0) is 37.2 Å². The van der Waals surface area contributed by atoms with Gasteiger partial charge in [-0.2, -0.15) is 11.8 Å². The van der Waals surface area contributed by atoms with E-state index in [2.05, 4.69) is 11.2 Å². The van der Waals surface area contributed by atoms with Crippen molar-refractivity contribution in [2.45, 2.75) is 37.7 Å². The van der Waals surface area contributed by atoms with Gasteiger partial charge >= 0.3 is 0 Å². The van der Waals surface area contributed by atoms with E-state index in [0.29, 0.717) is 19.4 Å². The number of unbranched alkanes of at least 4 members (excludes halogenated alkanes) is 2. The second kappa shape index (κ2) is 6.82. The summed E-state index contributed by atoms with van der Waals surface area (Å²) < 4.78 is 0. The van der Waals surface area contributed by atoms with Crippen LogP contribution in [0.3, 0.4) is 0 Å². The molecule has 1 fully saturated rings. The third-order valence-electron chi connectivity index (χ3n) is 2.78. The van der Waals surface area contributed by atoms with Crippen molar-refractivity contribution in [3.05, 3.63) is 0 Å². The van der Waals surface area contributed by atoms with Gasteiger partial charge < -0.3 is 10.4 Å². The maximum Gasteiger partial charge on any atom is 0.252 e. The van der Waals surface area contributed by atoms with E-state index in [1.807, 2.05) is 0 Å². The Morgan fingerprint density at radius 3 is 2.75 bits per heavy atom. The van der Waals surface area contributed by atoms with Crippen molar-refractivity contribution < 1.29 is 9.90 Å². The van der Waals surface area contributed by atoms with Crippen molar-refractivity contribution in [3.8, 4) is 12.3 Å². The van der Waals surface area contributed by atoms with Crippen LogP contribution in [0.2, 0.25) is 0 Å². The average Bonchev–Trinajstić information content (AvgIpc) is 2.29. The summed E-state index contributed by atoms with van der Waals surface area (Å²) in [5.74, 6) is 4.07. The van der Waals surface area contributed by atoms with Gasteiger partial charge in [-0.1, -0.05) is 0 Å². The molecular formula is C12H19NO2S. The molecule has 0 aromatic heterocycles. The molecule has 0 atom stereocenters. The molecule has 1 rings (SSSR count). The summed E-state index contributed by atoms with van der Waals surface area (Å²) >= 11 is 1.79. The first-order chi connectivity index (χ1) is 7.69. The highest BCUT2D eigenvalue weighted by atomic mass is 32.2. The predicted molar refractivity (Wildman–Crippen MR) is 67.2 cm³/mol. The third kappa shape index (κ3) is 4.07. The summed E-state index contributed by atoms with van der Waals surface area (Å²) in [4.78, 5) is 11.7. The number of rotatable bonds is 5. The number of thioether (sulfide) groups is 1. The molecule has 1 aliphatic heterocycles. The second-order valence-corrected chi connectivity index (χ2v) is 5.29. The van der Waals surface area contributed by atoms with E-state index in [9.17, 15) is 9.90 Å². The van der Waals surface area contributed by atoms with Crippen molar-refractivity contribution in [1.29, 1.82) is 0 Å². The molecule has 0 aliphatic carbocycles. The molecule has 0 spiro atoms. The average molecular weight is 241 g/mol. The maximum absolute atomic E-state index is 11.7. The minimum Gasteiger partial charge on any atom is -0.380 e. The molecule has 3 nitrogen and oxygen atoms in total. The van der Waals surface area contributed by atoms with Gasteiger partial charge in [0.05, 0.1) is 0 Å². The lowest BCUT2D eigenvalue weighted by Gasteiger charge is -2.30. The molecule has 1 heterocycles. The quantitative estimate of drug-likeness (QED) is 0.561. The Balaban J connectivity index is 2.21. The fourth-order valence-corrected chi connectivity index (χ4v) is 2.82. The zero-order valence-electron chi connectivity index (χ0n) is 9.50. The number of aliphatic hydroxyl groups is 1. The fraction of sp³-hybridized carbons (Fsp3) is 0.750. The summed E-state index contributed by atoms with van der Waals surface area (Å²) in [6.07, 6.45) is 8.80. The Bertz CT molecular complexity index is 267. The lowest BCUT2D eigenvalue weighted by molar-refractivity contribution is -0.140. The molecule has 0 saturated carbocycles. The molecule has 1 aliphatic rings. The van der Waals surface area contributed by atoms with Gasteiger partial charge in [0.15, 0.2) is 0 Å². The molecule has 0 unspecified atom stereocenters. The van der Waals surface area contributed by atoms with Crippen molar-refractivity contribution in [1.82, 2.24) is 5.32 Å². The Hall–Kier alpha value is -0.660. The largest absolute Gasteiger partial charge is 0.380 e. The standard InChI is InChI=1S/C12H19NO2S/c1-2-3-4-5-8-13-11(14)12(15)6-9-16-10-7-12/h1,15H,3-10H2,(H,13,14). The van der Waals surface area contributed by atoms with E-state index in [4.69, 9.17) is 6.42 Å². The van der Waals surface area contributed by atoms with Crippen LogP contribution >= 0.6 is 11.8 Å². The molecule has 0 aromatic rings. The topological polar surface area (TPSA) is 49.3 Å². The van der Waals surface area contributed by atoms with Gasteiger partial charge in [0, 0.05) is 13.0 Å². The van der Waals surface area contributed by atoms with Crippen LogP contribution in [-0.2, 0) is 4.79 Å². The molecule has 0 bridgehead atoms. The summed E-state index contributed by atoms with van der Waals surface area (Å²) in [7, 11) is 0. The van der Waals surface area contributed by atoms with Gasteiger partial charge in [0.2, 0.25) is 0 Å². The normalized spacial score (nSPS) is 18.8. The zero-order chi connectivity index (χ0) is 11.9. The number of hydrogen-bond donors (Lipinski definition) is 2. The second-order valence-electron chi connectivity index (χ2n) is 4.06. The van der Waals surface area contributed by atoms with Crippen molar-refractivity contribution in [3.63, 3.8) is 0 Å². The third-order valence-corrected chi connectivity index (χ3v) is 3.76. The molecule has 1 saturated heterocycles. The van der Waals surface area contributed by atoms with Crippen molar-refractivity contribution in [2.24, 2.45) is 0 Å². The monoisotopic (exact) mass is 241 g/mol.